The monoisotopic (exact) mass is 487 g/mol. The van der Waals surface area contributed by atoms with Gasteiger partial charge in [0.2, 0.25) is 6.19 Å². The molecule has 2 rings (SSSR count). The molecule has 2 unspecified atom stereocenters. The highest BCUT2D eigenvalue weighted by Gasteiger charge is 2.64. The molecule has 0 saturated carbocycles. The Hall–Kier alpha value is -2.95. The summed E-state index contributed by atoms with van der Waals surface area (Å²) in [5, 5.41) is 15.3. The quantitative estimate of drug-likeness (QED) is 0.254. The molecular formula is C19H16F3N3O5S2. The van der Waals surface area contributed by atoms with Crippen LogP contribution in [0.15, 0.2) is 62.5 Å². The fourth-order valence-electron chi connectivity index (χ4n) is 2.79. The number of carbonyl (C=O) groups is 1. The Kier molecular flexibility index (Phi) is 8.00. The van der Waals surface area contributed by atoms with Gasteiger partial charge in [0.1, 0.15) is 11.4 Å². The summed E-state index contributed by atoms with van der Waals surface area (Å²) in [5.74, 6) is -2.28. The van der Waals surface area contributed by atoms with Gasteiger partial charge in [0.15, 0.2) is 0 Å². The zero-order valence-electron chi connectivity index (χ0n) is 16.9. The molecule has 0 aliphatic heterocycles. The van der Waals surface area contributed by atoms with Crippen molar-refractivity contribution in [2.45, 2.75) is 21.6 Å². The Labute approximate surface area is 186 Å². The van der Waals surface area contributed by atoms with Crippen LogP contribution in [0.3, 0.4) is 0 Å². The lowest BCUT2D eigenvalue weighted by Gasteiger charge is -2.32. The van der Waals surface area contributed by atoms with Crippen molar-refractivity contribution in [2.75, 3.05) is 19.6 Å². The van der Waals surface area contributed by atoms with E-state index in [0.717, 1.165) is 24.3 Å². The van der Waals surface area contributed by atoms with Crippen molar-refractivity contribution in [3.63, 3.8) is 0 Å². The molecule has 0 bridgehead atoms. The van der Waals surface area contributed by atoms with E-state index in [2.05, 4.69) is 15.0 Å². The first-order valence-corrected chi connectivity index (χ1v) is 11.7. The molecule has 32 heavy (non-hydrogen) atoms. The average molecular weight is 487 g/mol. The smallest absolute Gasteiger partial charge is 0.424 e. The first kappa shape index (κ1) is 25.3. The van der Waals surface area contributed by atoms with Crippen molar-refractivity contribution >= 4 is 33.3 Å². The van der Waals surface area contributed by atoms with E-state index in [1.165, 1.54) is 36.9 Å². The summed E-state index contributed by atoms with van der Waals surface area (Å²) in [6.45, 7) is 0. The number of ether oxygens (including phenoxy) is 2. The van der Waals surface area contributed by atoms with Gasteiger partial charge in [-0.2, -0.15) is 18.4 Å². The summed E-state index contributed by atoms with van der Waals surface area (Å²) in [6.07, 6.45) is -1.38. The summed E-state index contributed by atoms with van der Waals surface area (Å²) in [4.78, 5) is 12.5. The van der Waals surface area contributed by atoms with E-state index < -0.39 is 50.7 Å². The van der Waals surface area contributed by atoms with Crippen molar-refractivity contribution in [3.8, 4) is 11.9 Å². The van der Waals surface area contributed by atoms with Gasteiger partial charge in [-0.25, -0.2) is 4.79 Å². The average Bonchev–Trinajstić information content (AvgIpc) is 2.72. The molecule has 0 aromatic heterocycles. The Morgan fingerprint density at radius 2 is 1.59 bits per heavy atom. The lowest BCUT2D eigenvalue weighted by Crippen LogP contribution is -2.52. The van der Waals surface area contributed by atoms with Crippen LogP contribution in [-0.2, 0) is 36.7 Å². The topological polar surface area (TPSA) is 118 Å². The van der Waals surface area contributed by atoms with E-state index in [1.54, 1.807) is 0 Å². The van der Waals surface area contributed by atoms with Crippen LogP contribution in [0.5, 0.6) is 5.75 Å². The maximum Gasteiger partial charge on any atom is 0.432 e. The highest BCUT2D eigenvalue weighted by molar-refractivity contribution is 7.85. The fourth-order valence-corrected chi connectivity index (χ4v) is 4.27. The molecule has 2 aromatic carbocycles. The van der Waals surface area contributed by atoms with Crippen LogP contribution in [0.4, 0.5) is 18.9 Å². The second kappa shape index (κ2) is 10.1. The second-order valence-corrected chi connectivity index (χ2v) is 8.81. The fraction of sp³-hybridized carbons (Fsp3) is 0.263. The van der Waals surface area contributed by atoms with Gasteiger partial charge in [0, 0.05) is 25.2 Å². The van der Waals surface area contributed by atoms with Gasteiger partial charge >= 0.3 is 12.1 Å². The third-order valence-electron chi connectivity index (χ3n) is 4.21. The lowest BCUT2D eigenvalue weighted by molar-refractivity contribution is -0.272. The first-order chi connectivity index (χ1) is 15.0. The van der Waals surface area contributed by atoms with Crippen LogP contribution in [0, 0.1) is 11.5 Å². The van der Waals surface area contributed by atoms with Crippen molar-refractivity contribution in [1.29, 1.82) is 5.26 Å². The number of methoxy groups -OCH3 is 1. The number of nitrogens with zero attached hydrogens (tertiary/aromatic N) is 3. The zero-order valence-corrected chi connectivity index (χ0v) is 18.5. The molecule has 170 valence electrons. The number of alkyl halides is 3. The van der Waals surface area contributed by atoms with Crippen molar-refractivity contribution in [2.24, 2.45) is 10.2 Å². The molecule has 0 fully saturated rings. The van der Waals surface area contributed by atoms with Gasteiger partial charge in [-0.05, 0) is 12.1 Å². The molecule has 0 heterocycles. The normalized spacial score (nSPS) is 15.5. The van der Waals surface area contributed by atoms with E-state index in [-0.39, 0.29) is 15.5 Å². The molecule has 0 radical (unpaired) electrons. The summed E-state index contributed by atoms with van der Waals surface area (Å²) in [7, 11) is -2.91. The summed E-state index contributed by atoms with van der Waals surface area (Å²) in [5.41, 5.74) is -4.15. The number of benzene rings is 2. The van der Waals surface area contributed by atoms with Crippen molar-refractivity contribution in [3.05, 3.63) is 48.0 Å². The number of azo groups is 1. The van der Waals surface area contributed by atoms with Crippen LogP contribution in [0.1, 0.15) is 5.56 Å². The number of hydrogen-bond donors (Lipinski definition) is 0. The molecule has 2 aromatic rings. The maximum absolute atomic E-state index is 14.1. The third-order valence-corrected chi connectivity index (χ3v) is 6.07. The van der Waals surface area contributed by atoms with E-state index in [0.29, 0.717) is 7.11 Å². The molecule has 0 aliphatic rings. The van der Waals surface area contributed by atoms with Gasteiger partial charge in [-0.15, -0.1) is 5.11 Å². The van der Waals surface area contributed by atoms with Crippen molar-refractivity contribution < 1.29 is 35.9 Å². The summed E-state index contributed by atoms with van der Waals surface area (Å²) < 4.78 is 76.1. The van der Waals surface area contributed by atoms with Crippen LogP contribution in [0.25, 0.3) is 0 Å². The number of rotatable bonds is 7. The first-order valence-electron chi connectivity index (χ1n) is 8.54. The Morgan fingerprint density at radius 3 is 2.00 bits per heavy atom. The lowest BCUT2D eigenvalue weighted by atomic mass is 9.92. The second-order valence-electron chi connectivity index (χ2n) is 6.12. The highest BCUT2D eigenvalue weighted by atomic mass is 32.2. The van der Waals surface area contributed by atoms with Gasteiger partial charge in [0.25, 0.3) is 5.60 Å². The highest BCUT2D eigenvalue weighted by Crippen LogP contribution is 2.43. The Balaban J connectivity index is 2.67. The molecule has 8 nitrogen and oxygen atoms in total. The molecular weight excluding hydrogens is 471 g/mol. The number of hydrogen-bond acceptors (Lipinski definition) is 8. The number of esters is 1. The zero-order chi connectivity index (χ0) is 24.1. The van der Waals surface area contributed by atoms with Crippen LogP contribution >= 0.6 is 0 Å². The molecule has 13 heteroatoms. The van der Waals surface area contributed by atoms with Gasteiger partial charge in [-0.3, -0.25) is 8.42 Å². The molecule has 0 amide bonds. The van der Waals surface area contributed by atoms with Crippen LogP contribution in [-0.4, -0.2) is 40.2 Å². The SMILES string of the molecule is CO[C@](C(=O)Oc1cc(S(C)=O)c(N=NC#N)c(S(C)=O)c1)(c1ccccc1)C(F)(F)F. The number of carbonyl (C=O) groups excluding carboxylic acids is 1. The molecule has 0 saturated heterocycles. The minimum Gasteiger partial charge on any atom is -0.424 e. The van der Waals surface area contributed by atoms with E-state index >= 15 is 0 Å². The van der Waals surface area contributed by atoms with Crippen molar-refractivity contribution in [1.82, 2.24) is 0 Å². The van der Waals surface area contributed by atoms with E-state index in [9.17, 15) is 26.4 Å². The third kappa shape index (κ3) is 4.93. The predicted molar refractivity (Wildman–Crippen MR) is 108 cm³/mol. The molecule has 0 N–H and O–H groups in total. The minimum absolute atomic E-state index is 0.144. The number of halogens is 3. The summed E-state index contributed by atoms with van der Waals surface area (Å²) in [6, 6.07) is 8.18. The minimum atomic E-state index is -5.20. The molecule has 0 aliphatic carbocycles. The molecule has 3 atom stereocenters. The predicted octanol–water partition coefficient (Wildman–Crippen LogP) is 3.74. The molecule has 0 spiro atoms. The maximum atomic E-state index is 14.1. The van der Waals surface area contributed by atoms with E-state index in [1.807, 2.05) is 0 Å². The van der Waals surface area contributed by atoms with Gasteiger partial charge in [0.05, 0.1) is 31.4 Å². The van der Waals surface area contributed by atoms with Gasteiger partial charge < -0.3 is 9.47 Å². The van der Waals surface area contributed by atoms with Crippen LogP contribution < -0.4 is 4.74 Å². The van der Waals surface area contributed by atoms with Crippen LogP contribution in [0.2, 0.25) is 0 Å². The standard InChI is InChI=1S/C19H16F3N3O5S2/c1-29-18(19(20,21)22,12-7-5-4-6-8-12)17(26)30-13-9-14(31(2)27)16(25-24-11-23)15(10-13)32(3)28/h4-10H,1-3H3/t18-,31?,32?/m0/s1. The Morgan fingerprint density at radius 1 is 1.06 bits per heavy atom. The van der Waals surface area contributed by atoms with E-state index in [4.69, 9.17) is 10.00 Å². The largest absolute Gasteiger partial charge is 0.432 e. The van der Waals surface area contributed by atoms with Gasteiger partial charge in [-0.1, -0.05) is 35.4 Å². The number of nitriles is 1. The summed E-state index contributed by atoms with van der Waals surface area (Å²) >= 11 is 0. The Bertz CT molecular complexity index is 1100.